The monoisotopic (exact) mass is 272 g/mol. The normalized spacial score (nSPS) is 11.9. The van der Waals surface area contributed by atoms with Crippen molar-refractivity contribution in [2.75, 3.05) is 0 Å². The quantitative estimate of drug-likeness (QED) is 0.502. The van der Waals surface area contributed by atoms with Gasteiger partial charge in [-0.05, 0) is 0 Å². The fourth-order valence-corrected chi connectivity index (χ4v) is 0.680. The zero-order chi connectivity index (χ0) is 12.5. The van der Waals surface area contributed by atoms with Crippen molar-refractivity contribution in [2.24, 2.45) is 0 Å². The Morgan fingerprint density at radius 3 is 1.24 bits per heavy atom. The summed E-state index contributed by atoms with van der Waals surface area (Å²) in [4.78, 5) is 17.4. The van der Waals surface area contributed by atoms with Gasteiger partial charge in [-0.1, -0.05) is 0 Å². The van der Waals surface area contributed by atoms with Gasteiger partial charge < -0.3 is 9.59 Å². The van der Waals surface area contributed by atoms with Gasteiger partial charge in [-0.25, -0.2) is 24.3 Å². The molecule has 0 aliphatic heterocycles. The third-order valence-electron chi connectivity index (χ3n) is 1.17. The molecule has 17 heavy (non-hydrogen) atoms. The fourth-order valence-electron chi connectivity index (χ4n) is 0.680. The molecule has 2 aliphatic rings. The van der Waals surface area contributed by atoms with E-state index < -0.39 is 0 Å². The molecule has 92 valence electrons. The molecule has 0 aromatic rings. The van der Waals surface area contributed by atoms with Gasteiger partial charge in [0.2, 0.25) is 0 Å². The zero-order valence-electron chi connectivity index (χ0n) is 10.0. The summed E-state index contributed by atoms with van der Waals surface area (Å²) in [6.45, 7) is 2.64. The minimum absolute atomic E-state index is 0. The zero-order valence-corrected chi connectivity index (χ0v) is 11.2. The molecule has 0 bridgehead atoms. The first-order valence-electron chi connectivity index (χ1n) is 4.84. The largest absolute Gasteiger partial charge is 4.00 e. The van der Waals surface area contributed by atoms with Gasteiger partial charge in [0.1, 0.15) is 0 Å². The summed E-state index contributed by atoms with van der Waals surface area (Å²) < 4.78 is 0. The maximum Gasteiger partial charge on any atom is 4.00 e. The number of carbonyl (C=O) groups excluding carboxylic acids is 2. The molecule has 0 radical (unpaired) electrons. The molecule has 0 saturated carbocycles. The number of hydrogen-bond donors (Lipinski definition) is 0. The van der Waals surface area contributed by atoms with E-state index in [1.165, 1.54) is 26.4 Å². The van der Waals surface area contributed by atoms with Gasteiger partial charge in [0, 0.05) is 0 Å². The average Bonchev–Trinajstić information content (AvgIpc) is 3.00. The van der Waals surface area contributed by atoms with E-state index >= 15 is 0 Å². The van der Waals surface area contributed by atoms with Crippen LogP contribution in [0.5, 0.6) is 0 Å². The number of rotatable bonds is 0. The van der Waals surface area contributed by atoms with Crippen LogP contribution in [0, 0.1) is 12.2 Å². The maximum atomic E-state index is 8.68. The molecule has 0 heterocycles. The minimum atomic E-state index is 0. The summed E-state index contributed by atoms with van der Waals surface area (Å²) >= 11 is 0. The number of allylic oxidation sites excluding steroid dienone is 8. The smallest absolute Gasteiger partial charge is 0.542 e. The van der Waals surface area contributed by atoms with Crippen molar-refractivity contribution < 1.29 is 26.7 Å². The van der Waals surface area contributed by atoms with Crippen LogP contribution in [-0.2, 0) is 26.7 Å². The predicted octanol–water partition coefficient (Wildman–Crippen LogP) is 2.84. The Kier molecular flexibility index (Phi) is 30.1. The molecule has 0 saturated heterocycles. The average molecular weight is 272 g/mol. The van der Waals surface area contributed by atoms with Gasteiger partial charge in [-0.3, -0.25) is 24.7 Å². The third kappa shape index (κ3) is 31.3. The number of hydrogen-bond acceptors (Lipinski definition) is 2. The molecule has 2 rings (SSSR count). The summed E-state index contributed by atoms with van der Waals surface area (Å²) in [6, 6.07) is 0. The van der Waals surface area contributed by atoms with Gasteiger partial charge in [0.15, 0.2) is 0 Å². The van der Waals surface area contributed by atoms with Crippen LogP contribution in [0.2, 0.25) is 0 Å². The Hall–Kier alpha value is -1.18. The second-order valence-electron chi connectivity index (χ2n) is 2.41. The molecule has 2 aliphatic carbocycles. The molecule has 0 atom stereocenters. The Bertz CT molecular complexity index is 215. The van der Waals surface area contributed by atoms with E-state index in [0.29, 0.717) is 0 Å². The SMILES string of the molecule is C[C-]=O.C[C-]=O.[C-]1=CC=CC1.[C-]1=CC=CC1.[Fe+4]. The van der Waals surface area contributed by atoms with Crippen molar-refractivity contribution in [3.05, 3.63) is 48.6 Å². The van der Waals surface area contributed by atoms with Crippen LogP contribution in [0.3, 0.4) is 0 Å². The second kappa shape index (κ2) is 24.2. The molecule has 3 heteroatoms. The molecule has 0 spiro atoms. The van der Waals surface area contributed by atoms with Crippen molar-refractivity contribution in [3.8, 4) is 0 Å². The van der Waals surface area contributed by atoms with Gasteiger partial charge in [0.25, 0.3) is 0 Å². The van der Waals surface area contributed by atoms with Crippen LogP contribution in [0.15, 0.2) is 36.5 Å². The summed E-state index contributed by atoms with van der Waals surface area (Å²) in [5, 5.41) is 0. The topological polar surface area (TPSA) is 34.1 Å². The predicted molar refractivity (Wildman–Crippen MR) is 65.9 cm³/mol. The summed E-state index contributed by atoms with van der Waals surface area (Å²) in [7, 11) is 0. The third-order valence-corrected chi connectivity index (χ3v) is 1.17. The first-order valence-corrected chi connectivity index (χ1v) is 4.84. The van der Waals surface area contributed by atoms with Gasteiger partial charge >= 0.3 is 17.1 Å². The van der Waals surface area contributed by atoms with E-state index in [2.05, 4.69) is 24.3 Å². The van der Waals surface area contributed by atoms with E-state index in [1.807, 2.05) is 24.3 Å². The molecule has 0 aromatic carbocycles. The molecular formula is C14H16FeO2. The van der Waals surface area contributed by atoms with Gasteiger partial charge in [-0.2, -0.15) is 26.0 Å². The first kappa shape index (κ1) is 21.1. The Morgan fingerprint density at radius 2 is 1.18 bits per heavy atom. The van der Waals surface area contributed by atoms with E-state index in [-0.39, 0.29) is 17.1 Å². The van der Waals surface area contributed by atoms with E-state index in [9.17, 15) is 0 Å². The summed E-state index contributed by atoms with van der Waals surface area (Å²) in [5.74, 6) is 0. The maximum absolute atomic E-state index is 8.68. The molecule has 0 amide bonds. The molecule has 0 unspecified atom stereocenters. The molecular weight excluding hydrogens is 256 g/mol. The van der Waals surface area contributed by atoms with Crippen LogP contribution in [-0.4, -0.2) is 12.6 Å². The van der Waals surface area contributed by atoms with Crippen molar-refractivity contribution in [1.29, 1.82) is 0 Å². The van der Waals surface area contributed by atoms with Gasteiger partial charge in [-0.15, -0.1) is 12.8 Å². The second-order valence-corrected chi connectivity index (χ2v) is 2.41. The van der Waals surface area contributed by atoms with Crippen molar-refractivity contribution in [3.63, 3.8) is 0 Å². The molecule has 0 aromatic heterocycles. The molecule has 0 fully saturated rings. The van der Waals surface area contributed by atoms with Gasteiger partial charge in [0.05, 0.1) is 0 Å². The first-order chi connectivity index (χ1) is 7.83. The van der Waals surface area contributed by atoms with E-state index in [1.54, 1.807) is 0 Å². The van der Waals surface area contributed by atoms with E-state index in [0.717, 1.165) is 12.8 Å². The van der Waals surface area contributed by atoms with Crippen molar-refractivity contribution in [2.45, 2.75) is 26.7 Å². The Balaban J connectivity index is -0.000000157. The standard InChI is InChI=1S/2C5H5.2C2H3O.Fe/c2*1-2-4-5-3-1;2*1-2-3;/h2*1-3H,4H2;2*1H3;/q4*-1;+4. The fraction of sp³-hybridized carbons (Fsp3) is 0.286. The molecule has 0 N–H and O–H groups in total. The van der Waals surface area contributed by atoms with E-state index in [4.69, 9.17) is 9.59 Å². The van der Waals surface area contributed by atoms with Crippen molar-refractivity contribution in [1.82, 2.24) is 0 Å². The van der Waals surface area contributed by atoms with Crippen LogP contribution in [0.4, 0.5) is 0 Å². The Labute approximate surface area is 115 Å². The summed E-state index contributed by atoms with van der Waals surface area (Å²) in [5.41, 5.74) is 0. The summed E-state index contributed by atoms with van der Waals surface area (Å²) in [6.07, 6.45) is 23.0. The minimum Gasteiger partial charge on any atom is -0.542 e. The van der Waals surface area contributed by atoms with Crippen molar-refractivity contribution >= 4 is 12.6 Å². The Morgan fingerprint density at radius 1 is 0.882 bits per heavy atom. The van der Waals surface area contributed by atoms with Crippen LogP contribution >= 0.6 is 0 Å². The van der Waals surface area contributed by atoms with Crippen LogP contribution in [0.1, 0.15) is 26.7 Å². The van der Waals surface area contributed by atoms with Crippen LogP contribution < -0.4 is 0 Å². The molecule has 2 nitrogen and oxygen atoms in total. The van der Waals surface area contributed by atoms with Crippen LogP contribution in [0.25, 0.3) is 0 Å².